The van der Waals surface area contributed by atoms with Crippen LogP contribution in [-0.2, 0) is 16.4 Å². The Morgan fingerprint density at radius 2 is 1.89 bits per heavy atom. The van der Waals surface area contributed by atoms with Crippen molar-refractivity contribution in [3.8, 4) is 0 Å². The van der Waals surface area contributed by atoms with Crippen molar-refractivity contribution in [1.29, 1.82) is 0 Å². The highest BCUT2D eigenvalue weighted by Crippen LogP contribution is 2.35. The Bertz CT molecular complexity index is 552. The van der Waals surface area contributed by atoms with Crippen LogP contribution in [0.4, 0.5) is 0 Å². The van der Waals surface area contributed by atoms with Crippen molar-refractivity contribution >= 4 is 9.84 Å². The Morgan fingerprint density at radius 3 is 2.67 bits per heavy atom. The zero-order valence-corrected chi connectivity index (χ0v) is 10.9. The van der Waals surface area contributed by atoms with E-state index in [2.05, 4.69) is 10.2 Å². The maximum absolute atomic E-state index is 12.1. The third kappa shape index (κ3) is 1.85. The highest BCUT2D eigenvalue weighted by Gasteiger charge is 2.36. The number of aliphatic hydroxyl groups excluding tert-OH is 1. The predicted octanol–water partition coefficient (Wildman–Crippen LogP) is 0.745. The Labute approximate surface area is 106 Å². The van der Waals surface area contributed by atoms with Crippen LogP contribution in [0.5, 0.6) is 0 Å². The fourth-order valence-corrected chi connectivity index (χ4v) is 4.77. The van der Waals surface area contributed by atoms with E-state index < -0.39 is 21.2 Å². The van der Waals surface area contributed by atoms with Gasteiger partial charge in [0.15, 0.2) is 21.5 Å². The smallest absolute Gasteiger partial charge is 0.161 e. The van der Waals surface area contributed by atoms with Crippen molar-refractivity contribution in [3.63, 3.8) is 0 Å². The molecule has 1 N–H and O–H groups in total. The minimum absolute atomic E-state index is 0.239. The average molecular weight is 271 g/mol. The molecule has 1 aromatic heterocycles. The summed E-state index contributed by atoms with van der Waals surface area (Å²) in [4.78, 5) is 0. The van der Waals surface area contributed by atoms with Crippen LogP contribution in [0.2, 0.25) is 0 Å². The van der Waals surface area contributed by atoms with Gasteiger partial charge in [0, 0.05) is 6.54 Å². The third-order valence-corrected chi connectivity index (χ3v) is 6.00. The SMILES string of the molecule is O=S1(=O)CCCCC1c1nnc2n1CCCC2O. The lowest BCUT2D eigenvalue weighted by molar-refractivity contribution is 0.132. The molecule has 2 aliphatic rings. The molecule has 2 aliphatic heterocycles. The average Bonchev–Trinajstić information content (AvgIpc) is 2.74. The molecule has 2 unspecified atom stereocenters. The molecular formula is C11H17N3O3S. The van der Waals surface area contributed by atoms with Crippen LogP contribution in [0, 0.1) is 0 Å². The first kappa shape index (κ1) is 12.1. The van der Waals surface area contributed by atoms with E-state index in [-0.39, 0.29) is 5.75 Å². The summed E-state index contributed by atoms with van der Waals surface area (Å²) in [5.41, 5.74) is 0. The number of fused-ring (bicyclic) bond motifs is 1. The molecule has 3 rings (SSSR count). The fourth-order valence-electron chi connectivity index (χ4n) is 2.86. The zero-order valence-electron chi connectivity index (χ0n) is 10.1. The zero-order chi connectivity index (χ0) is 12.8. The van der Waals surface area contributed by atoms with Crippen molar-refractivity contribution in [3.05, 3.63) is 11.6 Å². The van der Waals surface area contributed by atoms with Gasteiger partial charge in [0.2, 0.25) is 0 Å². The summed E-state index contributed by atoms with van der Waals surface area (Å²) in [6, 6.07) is 0. The monoisotopic (exact) mass is 271 g/mol. The standard InChI is InChI=1S/C11H17N3O3S/c15-8-4-3-6-14-10(8)12-13-11(14)9-5-1-2-7-18(9,16)17/h8-9,15H,1-7H2. The summed E-state index contributed by atoms with van der Waals surface area (Å²) in [5, 5.41) is 17.3. The molecule has 2 atom stereocenters. The molecule has 1 saturated heterocycles. The lowest BCUT2D eigenvalue weighted by Gasteiger charge is -2.25. The molecule has 3 heterocycles. The van der Waals surface area contributed by atoms with Crippen molar-refractivity contribution in [2.24, 2.45) is 0 Å². The molecule has 18 heavy (non-hydrogen) atoms. The summed E-state index contributed by atoms with van der Waals surface area (Å²) < 4.78 is 26.0. The number of aromatic nitrogens is 3. The minimum atomic E-state index is -3.10. The first-order valence-electron chi connectivity index (χ1n) is 6.42. The van der Waals surface area contributed by atoms with Gasteiger partial charge in [0.1, 0.15) is 11.4 Å². The molecule has 6 nitrogen and oxygen atoms in total. The van der Waals surface area contributed by atoms with Crippen molar-refractivity contribution in [1.82, 2.24) is 14.8 Å². The van der Waals surface area contributed by atoms with Gasteiger partial charge in [-0.2, -0.15) is 0 Å². The predicted molar refractivity (Wildman–Crippen MR) is 64.6 cm³/mol. The number of rotatable bonds is 1. The number of aliphatic hydroxyl groups is 1. The quantitative estimate of drug-likeness (QED) is 0.814. The molecular weight excluding hydrogens is 254 g/mol. The van der Waals surface area contributed by atoms with E-state index in [1.54, 1.807) is 0 Å². The molecule has 7 heteroatoms. The summed E-state index contributed by atoms with van der Waals surface area (Å²) in [5.74, 6) is 1.29. The van der Waals surface area contributed by atoms with E-state index >= 15 is 0 Å². The molecule has 0 amide bonds. The molecule has 0 spiro atoms. The molecule has 1 aromatic rings. The second-order valence-electron chi connectivity index (χ2n) is 5.08. The minimum Gasteiger partial charge on any atom is -0.385 e. The van der Waals surface area contributed by atoms with Crippen LogP contribution in [-0.4, -0.2) is 34.0 Å². The van der Waals surface area contributed by atoms with E-state index in [0.717, 1.165) is 19.3 Å². The Kier molecular flexibility index (Phi) is 2.90. The maximum atomic E-state index is 12.1. The Balaban J connectivity index is 2.02. The molecule has 0 bridgehead atoms. The lowest BCUT2D eigenvalue weighted by atomic mass is 10.1. The Morgan fingerprint density at radius 1 is 1.11 bits per heavy atom. The first-order valence-corrected chi connectivity index (χ1v) is 8.14. The van der Waals surface area contributed by atoms with E-state index in [4.69, 9.17) is 0 Å². The van der Waals surface area contributed by atoms with E-state index in [9.17, 15) is 13.5 Å². The highest BCUT2D eigenvalue weighted by molar-refractivity contribution is 7.91. The topological polar surface area (TPSA) is 85.1 Å². The van der Waals surface area contributed by atoms with Crippen LogP contribution >= 0.6 is 0 Å². The van der Waals surface area contributed by atoms with Crippen molar-refractivity contribution in [2.45, 2.75) is 50.0 Å². The van der Waals surface area contributed by atoms with Crippen LogP contribution in [0.1, 0.15) is 55.1 Å². The van der Waals surface area contributed by atoms with Gasteiger partial charge < -0.3 is 9.67 Å². The first-order chi connectivity index (χ1) is 8.59. The number of nitrogens with zero attached hydrogens (tertiary/aromatic N) is 3. The van der Waals surface area contributed by atoms with Gasteiger partial charge in [0.25, 0.3) is 0 Å². The second kappa shape index (κ2) is 4.31. The summed E-state index contributed by atoms with van der Waals surface area (Å²) in [7, 11) is -3.10. The van der Waals surface area contributed by atoms with E-state index in [0.29, 0.717) is 31.0 Å². The van der Waals surface area contributed by atoms with Gasteiger partial charge in [-0.05, 0) is 25.7 Å². The third-order valence-electron chi connectivity index (χ3n) is 3.83. The van der Waals surface area contributed by atoms with Crippen LogP contribution in [0.3, 0.4) is 0 Å². The summed E-state index contributed by atoms with van der Waals surface area (Å²) >= 11 is 0. The molecule has 0 aliphatic carbocycles. The van der Waals surface area contributed by atoms with Crippen LogP contribution in [0.25, 0.3) is 0 Å². The van der Waals surface area contributed by atoms with Gasteiger partial charge >= 0.3 is 0 Å². The number of sulfone groups is 1. The normalized spacial score (nSPS) is 30.9. The molecule has 0 aromatic carbocycles. The van der Waals surface area contributed by atoms with Crippen LogP contribution < -0.4 is 0 Å². The van der Waals surface area contributed by atoms with Gasteiger partial charge in [-0.3, -0.25) is 0 Å². The molecule has 1 fully saturated rings. The van der Waals surface area contributed by atoms with Crippen molar-refractivity contribution in [2.75, 3.05) is 5.75 Å². The summed E-state index contributed by atoms with van der Waals surface area (Å²) in [6.45, 7) is 0.709. The largest absolute Gasteiger partial charge is 0.385 e. The van der Waals surface area contributed by atoms with Gasteiger partial charge in [0.05, 0.1) is 5.75 Å². The molecule has 0 saturated carbocycles. The fraction of sp³-hybridized carbons (Fsp3) is 0.818. The lowest BCUT2D eigenvalue weighted by Crippen LogP contribution is -2.26. The van der Waals surface area contributed by atoms with Crippen molar-refractivity contribution < 1.29 is 13.5 Å². The van der Waals surface area contributed by atoms with E-state index in [1.165, 1.54) is 0 Å². The second-order valence-corrected chi connectivity index (χ2v) is 7.38. The summed E-state index contributed by atoms with van der Waals surface area (Å²) in [6.07, 6.45) is 3.18. The van der Waals surface area contributed by atoms with Gasteiger partial charge in [-0.1, -0.05) is 6.42 Å². The van der Waals surface area contributed by atoms with E-state index in [1.807, 2.05) is 4.57 Å². The number of hydrogen-bond donors (Lipinski definition) is 1. The molecule has 0 radical (unpaired) electrons. The number of hydrogen-bond acceptors (Lipinski definition) is 5. The van der Waals surface area contributed by atoms with Crippen LogP contribution in [0.15, 0.2) is 0 Å². The van der Waals surface area contributed by atoms with Gasteiger partial charge in [-0.15, -0.1) is 10.2 Å². The molecule has 100 valence electrons. The Hall–Kier alpha value is -0.950. The maximum Gasteiger partial charge on any atom is 0.161 e. The van der Waals surface area contributed by atoms with Gasteiger partial charge in [-0.25, -0.2) is 8.42 Å². The highest BCUT2D eigenvalue weighted by atomic mass is 32.2.